The van der Waals surface area contributed by atoms with Crippen LogP contribution < -0.4 is 5.56 Å². The number of imidazole rings is 1. The van der Waals surface area contributed by atoms with E-state index in [9.17, 15) is 4.79 Å². The van der Waals surface area contributed by atoms with Crippen LogP contribution in [-0.2, 0) is 0 Å². The normalized spacial score (nSPS) is 11.8. The monoisotopic (exact) mass is 613 g/mol. The molecule has 0 spiro atoms. The van der Waals surface area contributed by atoms with Crippen molar-refractivity contribution in [3.63, 3.8) is 0 Å². The summed E-state index contributed by atoms with van der Waals surface area (Å²) in [4.78, 5) is 18.7. The van der Waals surface area contributed by atoms with E-state index < -0.39 is 0 Å². The fraction of sp³-hybridized carbons (Fsp3) is 0. The molecule has 4 nitrogen and oxygen atoms in total. The molecule has 0 atom stereocenters. The van der Waals surface area contributed by atoms with Crippen LogP contribution in [0.3, 0.4) is 0 Å². The molecule has 0 radical (unpaired) electrons. The highest BCUT2D eigenvalue weighted by Crippen LogP contribution is 2.44. The van der Waals surface area contributed by atoms with E-state index in [1.165, 1.54) is 49.0 Å². The first kappa shape index (κ1) is 26.7. The zero-order valence-electron chi connectivity index (χ0n) is 25.8. The van der Waals surface area contributed by atoms with E-state index in [0.717, 1.165) is 22.3 Å². The number of hydrogen-bond acceptors (Lipinski definition) is 2. The third-order valence-electron chi connectivity index (χ3n) is 9.71. The Labute approximate surface area is 275 Å². The highest BCUT2D eigenvalue weighted by atomic mass is 16.1. The van der Waals surface area contributed by atoms with Crippen LogP contribution in [0.15, 0.2) is 169 Å². The summed E-state index contributed by atoms with van der Waals surface area (Å²) in [5.41, 5.74) is 8.14. The van der Waals surface area contributed by atoms with Crippen molar-refractivity contribution in [2.24, 2.45) is 0 Å². The Balaban J connectivity index is 1.21. The molecule has 10 aromatic rings. The fourth-order valence-electron chi connectivity index (χ4n) is 7.57. The average molecular weight is 614 g/mol. The summed E-state index contributed by atoms with van der Waals surface area (Å²) in [6, 6.07) is 57.1. The van der Waals surface area contributed by atoms with Gasteiger partial charge in [0, 0.05) is 5.69 Å². The summed E-state index contributed by atoms with van der Waals surface area (Å²) in [6.07, 6.45) is 0. The standard InChI is InChI=1S/C44H27N3O/c48-43-37-17-7-8-18-38(37)45-44-46(39-19-9-10-20-40(39)47(43)44)32-25-23-29(24-26-32)41-33-13-3-5-15-35(33)42(36-16-6-4-14-34(36)41)31-22-21-28-11-1-2-12-30(28)27-31/h1-27H. The van der Waals surface area contributed by atoms with Crippen LogP contribution in [0, 0.1) is 0 Å². The number of rotatable bonds is 3. The van der Waals surface area contributed by atoms with Crippen LogP contribution in [0.1, 0.15) is 0 Å². The topological polar surface area (TPSA) is 39.3 Å². The van der Waals surface area contributed by atoms with Crippen molar-refractivity contribution in [3.8, 4) is 27.9 Å². The van der Waals surface area contributed by atoms with Crippen molar-refractivity contribution in [1.82, 2.24) is 14.0 Å². The third-order valence-corrected chi connectivity index (χ3v) is 9.71. The molecule has 8 aromatic carbocycles. The molecule has 2 aromatic heterocycles. The molecular formula is C44H27N3O. The van der Waals surface area contributed by atoms with Gasteiger partial charge in [-0.3, -0.25) is 9.36 Å². The smallest absolute Gasteiger partial charge is 0.267 e. The van der Waals surface area contributed by atoms with E-state index in [1.807, 2.05) is 42.5 Å². The lowest BCUT2D eigenvalue weighted by Crippen LogP contribution is -2.15. The Kier molecular flexibility index (Phi) is 5.69. The average Bonchev–Trinajstić information content (AvgIpc) is 3.48. The van der Waals surface area contributed by atoms with E-state index in [4.69, 9.17) is 4.98 Å². The predicted molar refractivity (Wildman–Crippen MR) is 199 cm³/mol. The molecule has 224 valence electrons. The Morgan fingerprint density at radius 3 is 1.65 bits per heavy atom. The van der Waals surface area contributed by atoms with Crippen LogP contribution in [0.4, 0.5) is 0 Å². The fourth-order valence-corrected chi connectivity index (χ4v) is 7.57. The van der Waals surface area contributed by atoms with Crippen molar-refractivity contribution < 1.29 is 0 Å². The second kappa shape index (κ2) is 10.2. The second-order valence-electron chi connectivity index (χ2n) is 12.3. The van der Waals surface area contributed by atoms with Gasteiger partial charge in [-0.1, -0.05) is 121 Å². The van der Waals surface area contributed by atoms with Gasteiger partial charge in [-0.05, 0) is 97.0 Å². The Morgan fingerprint density at radius 1 is 0.438 bits per heavy atom. The van der Waals surface area contributed by atoms with E-state index in [2.05, 4.69) is 126 Å². The lowest BCUT2D eigenvalue weighted by molar-refractivity contribution is 1.05. The summed E-state index contributed by atoms with van der Waals surface area (Å²) in [5.74, 6) is 0.600. The maximum absolute atomic E-state index is 13.7. The molecular weight excluding hydrogens is 587 g/mol. The molecule has 10 rings (SSSR count). The first-order valence-electron chi connectivity index (χ1n) is 16.2. The van der Waals surface area contributed by atoms with Crippen LogP contribution >= 0.6 is 0 Å². The van der Waals surface area contributed by atoms with Crippen LogP contribution in [-0.4, -0.2) is 14.0 Å². The third kappa shape index (κ3) is 3.83. The van der Waals surface area contributed by atoms with Gasteiger partial charge in [0.2, 0.25) is 5.78 Å². The minimum atomic E-state index is -0.0633. The molecule has 0 N–H and O–H groups in total. The number of fused-ring (bicyclic) bond motifs is 7. The number of nitrogens with zero attached hydrogens (tertiary/aromatic N) is 3. The summed E-state index contributed by atoms with van der Waals surface area (Å²) < 4.78 is 3.82. The minimum absolute atomic E-state index is 0.0633. The molecule has 0 saturated carbocycles. The van der Waals surface area contributed by atoms with Crippen molar-refractivity contribution in [2.75, 3.05) is 0 Å². The summed E-state index contributed by atoms with van der Waals surface area (Å²) in [5, 5.41) is 7.96. The van der Waals surface area contributed by atoms with E-state index in [1.54, 1.807) is 4.40 Å². The Bertz CT molecular complexity index is 2910. The van der Waals surface area contributed by atoms with Gasteiger partial charge >= 0.3 is 0 Å². The maximum Gasteiger partial charge on any atom is 0.267 e. The van der Waals surface area contributed by atoms with E-state index >= 15 is 0 Å². The number of aromatic nitrogens is 3. The molecule has 0 saturated heterocycles. The van der Waals surface area contributed by atoms with Gasteiger partial charge in [0.15, 0.2) is 0 Å². The van der Waals surface area contributed by atoms with Gasteiger partial charge in [0.1, 0.15) is 0 Å². The maximum atomic E-state index is 13.7. The number of benzene rings is 8. The van der Waals surface area contributed by atoms with Gasteiger partial charge in [0.25, 0.3) is 5.56 Å². The highest BCUT2D eigenvalue weighted by Gasteiger charge is 2.19. The first-order chi connectivity index (χ1) is 23.7. The quantitative estimate of drug-likeness (QED) is 0.186. The summed E-state index contributed by atoms with van der Waals surface area (Å²) in [6.45, 7) is 0. The SMILES string of the molecule is O=c1c2ccccc2nc2n(-c3ccc(-c4c5ccccc5c(-c5ccc6ccccc6c5)c5ccccc45)cc3)c3ccccc3n12. The van der Waals surface area contributed by atoms with Crippen molar-refractivity contribution >= 4 is 60.0 Å². The molecule has 0 aliphatic carbocycles. The summed E-state index contributed by atoms with van der Waals surface area (Å²) >= 11 is 0. The lowest BCUT2D eigenvalue weighted by atomic mass is 9.85. The molecule has 0 aliphatic heterocycles. The Hall–Kier alpha value is -6.52. The van der Waals surface area contributed by atoms with Crippen molar-refractivity contribution in [2.45, 2.75) is 0 Å². The molecule has 0 amide bonds. The molecule has 0 bridgehead atoms. The van der Waals surface area contributed by atoms with Crippen LogP contribution in [0.5, 0.6) is 0 Å². The Morgan fingerprint density at radius 2 is 0.958 bits per heavy atom. The van der Waals surface area contributed by atoms with Gasteiger partial charge in [-0.25, -0.2) is 9.38 Å². The van der Waals surface area contributed by atoms with Crippen LogP contribution in [0.25, 0.3) is 88.0 Å². The first-order valence-corrected chi connectivity index (χ1v) is 16.2. The van der Waals surface area contributed by atoms with Gasteiger partial charge in [0.05, 0.1) is 21.9 Å². The zero-order chi connectivity index (χ0) is 31.8. The van der Waals surface area contributed by atoms with Crippen molar-refractivity contribution in [1.29, 1.82) is 0 Å². The summed E-state index contributed by atoms with van der Waals surface area (Å²) in [7, 11) is 0. The van der Waals surface area contributed by atoms with Gasteiger partial charge in [-0.15, -0.1) is 0 Å². The number of para-hydroxylation sites is 3. The molecule has 0 aliphatic rings. The van der Waals surface area contributed by atoms with E-state index in [0.29, 0.717) is 16.7 Å². The van der Waals surface area contributed by atoms with Gasteiger partial charge < -0.3 is 0 Å². The van der Waals surface area contributed by atoms with Crippen LogP contribution in [0.2, 0.25) is 0 Å². The predicted octanol–water partition coefficient (Wildman–Crippen LogP) is 10.6. The molecule has 0 unspecified atom stereocenters. The minimum Gasteiger partial charge on any atom is -0.278 e. The highest BCUT2D eigenvalue weighted by molar-refractivity contribution is 6.21. The molecule has 2 heterocycles. The molecule has 4 heteroatoms. The second-order valence-corrected chi connectivity index (χ2v) is 12.3. The molecule has 48 heavy (non-hydrogen) atoms. The van der Waals surface area contributed by atoms with Gasteiger partial charge in [-0.2, -0.15) is 0 Å². The van der Waals surface area contributed by atoms with Crippen molar-refractivity contribution in [3.05, 3.63) is 174 Å². The number of hydrogen-bond donors (Lipinski definition) is 0. The molecule has 0 fully saturated rings. The van der Waals surface area contributed by atoms with E-state index in [-0.39, 0.29) is 5.56 Å². The zero-order valence-corrected chi connectivity index (χ0v) is 25.8. The lowest BCUT2D eigenvalue weighted by Gasteiger charge is -2.18. The largest absolute Gasteiger partial charge is 0.278 e.